The molecule has 26 heavy (non-hydrogen) atoms. The van der Waals surface area contributed by atoms with Gasteiger partial charge in [-0.25, -0.2) is 10.4 Å². The van der Waals surface area contributed by atoms with Crippen LogP contribution < -0.4 is 10.3 Å². The first kappa shape index (κ1) is 16.7. The number of morpholine rings is 1. The van der Waals surface area contributed by atoms with Crippen molar-refractivity contribution in [2.24, 2.45) is 28.8 Å². The molecule has 0 aromatic carbocycles. The van der Waals surface area contributed by atoms with Gasteiger partial charge in [0.1, 0.15) is 4.88 Å². The number of hydrogen-bond acceptors (Lipinski definition) is 6. The first-order valence-electron chi connectivity index (χ1n) is 9.87. The number of carbonyl (C=O) groups excluding carboxylic acids is 1. The van der Waals surface area contributed by atoms with Crippen LogP contribution in [0.15, 0.2) is 5.10 Å². The fourth-order valence-electron chi connectivity index (χ4n) is 5.60. The number of thiazole rings is 1. The van der Waals surface area contributed by atoms with Crippen LogP contribution in [0.5, 0.6) is 0 Å². The third-order valence-corrected chi connectivity index (χ3v) is 7.99. The van der Waals surface area contributed by atoms with Crippen molar-refractivity contribution in [1.82, 2.24) is 10.4 Å². The highest BCUT2D eigenvalue weighted by Gasteiger charge is 2.52. The number of carbonyl (C=O) groups is 1. The number of hydrogen-bond donors (Lipinski definition) is 1. The SMILES string of the molecule is Cc1nc(N2CCOCC2)sc1C(=O)NN=C1C[C@H]2C[C@H]1[C@H]1CCC[C@H]21. The van der Waals surface area contributed by atoms with Crippen LogP contribution in [0.2, 0.25) is 0 Å². The third-order valence-electron chi connectivity index (χ3n) is 6.78. The second-order valence-electron chi connectivity index (χ2n) is 8.12. The summed E-state index contributed by atoms with van der Waals surface area (Å²) in [5, 5.41) is 5.48. The molecule has 6 nitrogen and oxygen atoms in total. The number of anilines is 1. The Kier molecular flexibility index (Phi) is 4.24. The van der Waals surface area contributed by atoms with Gasteiger partial charge in [0.15, 0.2) is 5.13 Å². The summed E-state index contributed by atoms with van der Waals surface area (Å²) in [6, 6.07) is 0. The molecule has 1 aromatic heterocycles. The molecule has 3 saturated carbocycles. The average Bonchev–Trinajstić information content (AvgIpc) is 3.41. The Balaban J connectivity index is 1.27. The van der Waals surface area contributed by atoms with Crippen LogP contribution in [0.25, 0.3) is 0 Å². The van der Waals surface area contributed by atoms with E-state index in [4.69, 9.17) is 4.74 Å². The molecular weight excluding hydrogens is 348 g/mol. The zero-order chi connectivity index (χ0) is 17.7. The van der Waals surface area contributed by atoms with E-state index < -0.39 is 0 Å². The first-order chi connectivity index (χ1) is 12.7. The molecule has 5 rings (SSSR count). The van der Waals surface area contributed by atoms with E-state index in [1.807, 2.05) is 6.92 Å². The standard InChI is InChI=1S/C19H26N4O2S/c1-11-17(26-19(20-11)23-5-7-25-8-6-23)18(24)22-21-16-10-12-9-15(16)14-4-2-3-13(12)14/h12-15H,2-10H2,1H3,(H,22,24)/t12-,13-,14+,15+/m1/s1. The molecular formula is C19H26N4O2S. The molecule has 0 spiro atoms. The summed E-state index contributed by atoms with van der Waals surface area (Å²) in [4.78, 5) is 20.1. The van der Waals surface area contributed by atoms with Gasteiger partial charge in [0, 0.05) is 24.7 Å². The van der Waals surface area contributed by atoms with Crippen LogP contribution in [0, 0.1) is 30.6 Å². The number of nitrogens with one attached hydrogen (secondary N) is 1. The zero-order valence-corrected chi connectivity index (χ0v) is 16.1. The molecule has 0 radical (unpaired) electrons. The minimum atomic E-state index is -0.113. The van der Waals surface area contributed by atoms with E-state index in [-0.39, 0.29) is 5.91 Å². The third kappa shape index (κ3) is 2.76. The minimum absolute atomic E-state index is 0.113. The lowest BCUT2D eigenvalue weighted by Crippen LogP contribution is -2.36. The monoisotopic (exact) mass is 374 g/mol. The van der Waals surface area contributed by atoms with E-state index in [1.54, 1.807) is 0 Å². The Morgan fingerprint density at radius 1 is 1.31 bits per heavy atom. The Morgan fingerprint density at radius 2 is 2.12 bits per heavy atom. The number of nitrogens with zero attached hydrogens (tertiary/aromatic N) is 3. The second kappa shape index (κ2) is 6.60. The van der Waals surface area contributed by atoms with Crippen LogP contribution >= 0.6 is 11.3 Å². The van der Waals surface area contributed by atoms with Gasteiger partial charge in [0.2, 0.25) is 0 Å². The first-order valence-corrected chi connectivity index (χ1v) is 10.7. The van der Waals surface area contributed by atoms with Gasteiger partial charge in [0.05, 0.1) is 18.9 Å². The van der Waals surface area contributed by atoms with Gasteiger partial charge in [-0.05, 0) is 50.4 Å². The summed E-state index contributed by atoms with van der Waals surface area (Å²) < 4.78 is 5.39. The van der Waals surface area contributed by atoms with E-state index in [0.29, 0.717) is 10.8 Å². The number of rotatable bonds is 3. The van der Waals surface area contributed by atoms with Crippen molar-refractivity contribution in [2.75, 3.05) is 31.2 Å². The fourth-order valence-corrected chi connectivity index (χ4v) is 6.61. The van der Waals surface area contributed by atoms with Gasteiger partial charge < -0.3 is 9.64 Å². The van der Waals surface area contributed by atoms with Crippen molar-refractivity contribution in [2.45, 2.75) is 39.0 Å². The van der Waals surface area contributed by atoms with E-state index in [0.717, 1.165) is 61.3 Å². The van der Waals surface area contributed by atoms with Crippen LogP contribution in [-0.2, 0) is 4.74 Å². The van der Waals surface area contributed by atoms with Gasteiger partial charge in [-0.1, -0.05) is 17.8 Å². The number of amides is 1. The molecule has 2 bridgehead atoms. The number of ether oxygens (including phenoxy) is 1. The maximum Gasteiger partial charge on any atom is 0.283 e. The molecule has 4 atom stereocenters. The number of aryl methyl sites for hydroxylation is 1. The molecule has 2 heterocycles. The van der Waals surface area contributed by atoms with Crippen LogP contribution in [0.1, 0.15) is 47.5 Å². The molecule has 1 amide bonds. The second-order valence-corrected chi connectivity index (χ2v) is 9.10. The minimum Gasteiger partial charge on any atom is -0.378 e. The Labute approximate surface area is 158 Å². The molecule has 0 unspecified atom stereocenters. The maximum atomic E-state index is 12.7. The summed E-state index contributed by atoms with van der Waals surface area (Å²) >= 11 is 1.47. The summed E-state index contributed by atoms with van der Waals surface area (Å²) in [5.41, 5.74) is 4.87. The molecule has 1 aliphatic heterocycles. The lowest BCUT2D eigenvalue weighted by atomic mass is 9.81. The van der Waals surface area contributed by atoms with Gasteiger partial charge in [-0.3, -0.25) is 4.79 Å². The fraction of sp³-hybridized carbons (Fsp3) is 0.737. The van der Waals surface area contributed by atoms with Crippen LogP contribution in [0.3, 0.4) is 0 Å². The van der Waals surface area contributed by atoms with Crippen molar-refractivity contribution >= 4 is 28.1 Å². The van der Waals surface area contributed by atoms with Crippen LogP contribution in [-0.4, -0.2) is 42.9 Å². The smallest absolute Gasteiger partial charge is 0.283 e. The highest BCUT2D eigenvalue weighted by molar-refractivity contribution is 7.17. The summed E-state index contributed by atoms with van der Waals surface area (Å²) in [6.45, 7) is 5.02. The molecule has 1 aromatic rings. The summed E-state index contributed by atoms with van der Waals surface area (Å²) in [5.74, 6) is 3.11. The predicted molar refractivity (Wildman–Crippen MR) is 102 cm³/mol. The Bertz CT molecular complexity index is 740. The quantitative estimate of drug-likeness (QED) is 0.826. The van der Waals surface area contributed by atoms with E-state index >= 15 is 0 Å². The molecule has 1 saturated heterocycles. The molecule has 140 valence electrons. The molecule has 4 fully saturated rings. The normalized spacial score (nSPS) is 34.5. The zero-order valence-electron chi connectivity index (χ0n) is 15.2. The molecule has 1 N–H and O–H groups in total. The summed E-state index contributed by atoms with van der Waals surface area (Å²) in [6.07, 6.45) is 6.54. The number of aromatic nitrogens is 1. The average molecular weight is 375 g/mol. The topological polar surface area (TPSA) is 66.8 Å². The van der Waals surface area contributed by atoms with E-state index in [1.165, 1.54) is 42.7 Å². The van der Waals surface area contributed by atoms with Crippen molar-refractivity contribution in [3.8, 4) is 0 Å². The highest BCUT2D eigenvalue weighted by Crippen LogP contribution is 2.57. The Hall–Kier alpha value is -1.47. The van der Waals surface area contributed by atoms with Crippen molar-refractivity contribution < 1.29 is 9.53 Å². The maximum absolute atomic E-state index is 12.7. The summed E-state index contributed by atoms with van der Waals surface area (Å²) in [7, 11) is 0. The van der Waals surface area contributed by atoms with Crippen molar-refractivity contribution in [3.05, 3.63) is 10.6 Å². The number of fused-ring (bicyclic) bond motifs is 5. The Morgan fingerprint density at radius 3 is 2.96 bits per heavy atom. The lowest BCUT2D eigenvalue weighted by molar-refractivity contribution is 0.0957. The van der Waals surface area contributed by atoms with Gasteiger partial charge in [-0.2, -0.15) is 5.10 Å². The molecule has 3 aliphatic carbocycles. The van der Waals surface area contributed by atoms with Crippen molar-refractivity contribution in [1.29, 1.82) is 0 Å². The van der Waals surface area contributed by atoms with E-state index in [2.05, 4.69) is 20.4 Å². The highest BCUT2D eigenvalue weighted by atomic mass is 32.1. The molecule has 7 heteroatoms. The number of hydrazone groups is 1. The van der Waals surface area contributed by atoms with Crippen LogP contribution in [0.4, 0.5) is 5.13 Å². The molecule has 4 aliphatic rings. The van der Waals surface area contributed by atoms with Crippen molar-refractivity contribution in [3.63, 3.8) is 0 Å². The largest absolute Gasteiger partial charge is 0.378 e. The lowest BCUT2D eigenvalue weighted by Gasteiger charge is -2.26. The van der Waals surface area contributed by atoms with Gasteiger partial charge in [0.25, 0.3) is 5.91 Å². The predicted octanol–water partition coefficient (Wildman–Crippen LogP) is 2.83. The van der Waals surface area contributed by atoms with Gasteiger partial charge in [-0.15, -0.1) is 0 Å². The van der Waals surface area contributed by atoms with E-state index in [9.17, 15) is 4.79 Å². The van der Waals surface area contributed by atoms with Gasteiger partial charge >= 0.3 is 0 Å².